The molecule has 0 fully saturated rings. The first kappa shape index (κ1) is 17.3. The highest BCUT2D eigenvalue weighted by atomic mass is 32.1. The van der Waals surface area contributed by atoms with E-state index in [0.29, 0.717) is 0 Å². The summed E-state index contributed by atoms with van der Waals surface area (Å²) >= 11 is 1.67. The molecule has 0 N–H and O–H groups in total. The molecule has 3 heteroatoms. The third-order valence-electron chi connectivity index (χ3n) is 3.89. The maximum absolute atomic E-state index is 13.1. The third-order valence-corrected chi connectivity index (χ3v) is 5.13. The van der Waals surface area contributed by atoms with E-state index < -0.39 is 0 Å². The average Bonchev–Trinajstić information content (AvgIpc) is 3.11. The summed E-state index contributed by atoms with van der Waals surface area (Å²) < 4.78 is 13.1. The Morgan fingerprint density at radius 2 is 1.52 bits per heavy atom. The number of benzene rings is 2. The fourth-order valence-electron chi connectivity index (χ4n) is 2.59. The molecule has 0 spiro atoms. The van der Waals surface area contributed by atoms with Crippen molar-refractivity contribution in [3.05, 3.63) is 88.6 Å². The molecule has 1 aromatic heterocycles. The first-order valence-electron chi connectivity index (χ1n) is 8.19. The Kier molecular flexibility index (Phi) is 5.25. The number of rotatable bonds is 4. The van der Waals surface area contributed by atoms with Gasteiger partial charge in [-0.15, -0.1) is 11.3 Å². The lowest BCUT2D eigenvalue weighted by Gasteiger charge is -2.07. The van der Waals surface area contributed by atoms with Gasteiger partial charge in [0.05, 0.1) is 11.4 Å². The third kappa shape index (κ3) is 4.12. The number of nitrogens with zero attached hydrogens (tertiary/aromatic N) is 1. The fraction of sp³-hybridized carbons (Fsp3) is 0.136. The van der Waals surface area contributed by atoms with Crippen LogP contribution in [0.15, 0.2) is 77.3 Å². The van der Waals surface area contributed by atoms with Crippen LogP contribution >= 0.6 is 11.3 Å². The lowest BCUT2D eigenvalue weighted by Crippen LogP contribution is -1.93. The topological polar surface area (TPSA) is 12.4 Å². The predicted molar refractivity (Wildman–Crippen MR) is 107 cm³/mol. The smallest absolute Gasteiger partial charge is 0.123 e. The van der Waals surface area contributed by atoms with E-state index in [9.17, 15) is 4.39 Å². The molecular weight excluding hydrogens is 329 g/mol. The van der Waals surface area contributed by atoms with Gasteiger partial charge < -0.3 is 0 Å². The molecule has 3 aromatic rings. The maximum atomic E-state index is 13.1. The van der Waals surface area contributed by atoms with Gasteiger partial charge in [0.2, 0.25) is 0 Å². The molecule has 0 saturated heterocycles. The zero-order chi connectivity index (χ0) is 17.8. The summed E-state index contributed by atoms with van der Waals surface area (Å²) in [5, 5.41) is 0. The van der Waals surface area contributed by atoms with E-state index in [4.69, 9.17) is 4.99 Å². The predicted octanol–water partition coefficient (Wildman–Crippen LogP) is 6.81. The van der Waals surface area contributed by atoms with Crippen LogP contribution in [0.3, 0.4) is 0 Å². The molecule has 0 aliphatic carbocycles. The number of hydrogen-bond acceptors (Lipinski definition) is 2. The van der Waals surface area contributed by atoms with E-state index in [2.05, 4.69) is 38.1 Å². The summed E-state index contributed by atoms with van der Waals surface area (Å²) in [5.41, 5.74) is 5.32. The second kappa shape index (κ2) is 7.58. The highest BCUT2D eigenvalue weighted by Gasteiger charge is 2.08. The summed E-state index contributed by atoms with van der Waals surface area (Å²) in [6.45, 7) is 6.20. The number of thiophene rings is 1. The van der Waals surface area contributed by atoms with Crippen molar-refractivity contribution in [2.75, 3.05) is 0 Å². The Balaban J connectivity index is 1.92. The van der Waals surface area contributed by atoms with Crippen LogP contribution in [0.5, 0.6) is 0 Å². The molecule has 0 aliphatic heterocycles. The number of hydrogen-bond donors (Lipinski definition) is 0. The van der Waals surface area contributed by atoms with Gasteiger partial charge in [0.25, 0.3) is 0 Å². The van der Waals surface area contributed by atoms with Crippen LogP contribution in [-0.2, 0) is 0 Å². The number of aliphatic imine (C=N–C) groups is 1. The number of allylic oxidation sites excluding steroid dienone is 1. The maximum Gasteiger partial charge on any atom is 0.123 e. The highest BCUT2D eigenvalue weighted by molar-refractivity contribution is 7.17. The molecular formula is C22H20FNS. The molecule has 0 unspecified atom stereocenters. The summed E-state index contributed by atoms with van der Waals surface area (Å²) in [6, 6.07) is 21.0. The molecule has 3 rings (SSSR count). The van der Waals surface area contributed by atoms with Gasteiger partial charge in [-0.1, -0.05) is 48.0 Å². The lowest BCUT2D eigenvalue weighted by molar-refractivity contribution is 0.628. The Morgan fingerprint density at radius 1 is 0.840 bits per heavy atom. The van der Waals surface area contributed by atoms with E-state index in [1.807, 2.05) is 37.3 Å². The molecule has 0 saturated carbocycles. The van der Waals surface area contributed by atoms with Gasteiger partial charge in [0.15, 0.2) is 0 Å². The monoisotopic (exact) mass is 349 g/mol. The van der Waals surface area contributed by atoms with Gasteiger partial charge in [-0.2, -0.15) is 0 Å². The Bertz CT molecular complexity index is 914. The van der Waals surface area contributed by atoms with Crippen molar-refractivity contribution < 1.29 is 4.39 Å². The van der Waals surface area contributed by atoms with Crippen LogP contribution in [0.4, 0.5) is 4.39 Å². The highest BCUT2D eigenvalue weighted by Crippen LogP contribution is 2.30. The van der Waals surface area contributed by atoms with Crippen molar-refractivity contribution >= 4 is 22.7 Å². The van der Waals surface area contributed by atoms with Crippen LogP contribution in [0.2, 0.25) is 0 Å². The average molecular weight is 349 g/mol. The molecule has 0 amide bonds. The second-order valence-corrected chi connectivity index (χ2v) is 7.17. The normalized spacial score (nSPS) is 11.4. The van der Waals surface area contributed by atoms with E-state index in [1.54, 1.807) is 11.3 Å². The molecule has 25 heavy (non-hydrogen) atoms. The van der Waals surface area contributed by atoms with Gasteiger partial charge in [0.1, 0.15) is 5.82 Å². The van der Waals surface area contributed by atoms with Crippen molar-refractivity contribution in [1.82, 2.24) is 0 Å². The largest absolute Gasteiger partial charge is 0.252 e. The van der Waals surface area contributed by atoms with E-state index >= 15 is 0 Å². The van der Waals surface area contributed by atoms with Crippen molar-refractivity contribution in [3.63, 3.8) is 0 Å². The van der Waals surface area contributed by atoms with E-state index in [-0.39, 0.29) is 5.82 Å². The van der Waals surface area contributed by atoms with Crippen LogP contribution in [0.1, 0.15) is 31.2 Å². The van der Waals surface area contributed by atoms with Gasteiger partial charge >= 0.3 is 0 Å². The van der Waals surface area contributed by atoms with Crippen molar-refractivity contribution in [2.45, 2.75) is 20.8 Å². The molecule has 0 atom stereocenters. The summed E-state index contributed by atoms with van der Waals surface area (Å²) in [5.74, 6) is -0.214. The van der Waals surface area contributed by atoms with Crippen molar-refractivity contribution in [3.8, 4) is 10.4 Å². The molecule has 0 aliphatic rings. The minimum absolute atomic E-state index is 0.214. The first-order valence-corrected chi connectivity index (χ1v) is 9.00. The van der Waals surface area contributed by atoms with Crippen molar-refractivity contribution in [1.29, 1.82) is 0 Å². The summed E-state index contributed by atoms with van der Waals surface area (Å²) in [7, 11) is 0. The summed E-state index contributed by atoms with van der Waals surface area (Å²) in [4.78, 5) is 7.12. The van der Waals surface area contributed by atoms with Crippen LogP contribution in [0, 0.1) is 5.82 Å². The van der Waals surface area contributed by atoms with E-state index in [0.717, 1.165) is 32.3 Å². The number of halogens is 1. The standard InChI is InChI=1S/C22H20FNS/c1-15(2)22(18-7-5-4-6-8-18)24-16(3)20-13-14-21(25-20)17-9-11-19(23)12-10-17/h4-14H,1-3H3/b24-16+. The molecule has 1 nitrogen and oxygen atoms in total. The van der Waals surface area contributed by atoms with Gasteiger partial charge in [-0.3, -0.25) is 4.99 Å². The Hall–Kier alpha value is -2.52. The van der Waals surface area contributed by atoms with Gasteiger partial charge in [0, 0.05) is 15.3 Å². The minimum atomic E-state index is -0.214. The minimum Gasteiger partial charge on any atom is -0.252 e. The van der Waals surface area contributed by atoms with Crippen LogP contribution < -0.4 is 0 Å². The molecule has 0 bridgehead atoms. The second-order valence-electron chi connectivity index (χ2n) is 6.08. The Morgan fingerprint density at radius 3 is 2.16 bits per heavy atom. The molecule has 0 radical (unpaired) electrons. The van der Waals surface area contributed by atoms with Crippen molar-refractivity contribution in [2.24, 2.45) is 4.99 Å². The fourth-order valence-corrected chi connectivity index (χ4v) is 3.54. The molecule has 2 aromatic carbocycles. The SMILES string of the molecule is CC(C)=C(/N=C(\C)c1ccc(-c2ccc(F)cc2)s1)c1ccccc1. The zero-order valence-electron chi connectivity index (χ0n) is 14.6. The molecule has 126 valence electrons. The summed E-state index contributed by atoms with van der Waals surface area (Å²) in [6.07, 6.45) is 0. The van der Waals surface area contributed by atoms with Gasteiger partial charge in [-0.25, -0.2) is 4.39 Å². The van der Waals surface area contributed by atoms with E-state index in [1.165, 1.54) is 17.7 Å². The first-order chi connectivity index (χ1) is 12.0. The van der Waals surface area contributed by atoms with Crippen LogP contribution in [-0.4, -0.2) is 5.71 Å². The lowest BCUT2D eigenvalue weighted by atomic mass is 10.1. The zero-order valence-corrected chi connectivity index (χ0v) is 15.4. The van der Waals surface area contributed by atoms with Crippen LogP contribution in [0.25, 0.3) is 16.1 Å². The van der Waals surface area contributed by atoms with Gasteiger partial charge in [-0.05, 0) is 50.6 Å². The quantitative estimate of drug-likeness (QED) is 0.459. The Labute approximate surface area is 152 Å². The molecule has 1 heterocycles.